The molecule has 0 amide bonds. The van der Waals surface area contributed by atoms with Gasteiger partial charge >= 0.3 is 0 Å². The molecule has 18 heavy (non-hydrogen) atoms. The first-order chi connectivity index (χ1) is 8.49. The van der Waals surface area contributed by atoms with Crippen LogP contribution in [0.2, 0.25) is 0 Å². The lowest BCUT2D eigenvalue weighted by Crippen LogP contribution is -2.14. The van der Waals surface area contributed by atoms with Crippen LogP contribution in [-0.2, 0) is 0 Å². The van der Waals surface area contributed by atoms with E-state index >= 15 is 0 Å². The van der Waals surface area contributed by atoms with Crippen molar-refractivity contribution in [3.63, 3.8) is 0 Å². The van der Waals surface area contributed by atoms with Gasteiger partial charge in [-0.15, -0.1) is 0 Å². The summed E-state index contributed by atoms with van der Waals surface area (Å²) in [6, 6.07) is 12.8. The minimum atomic E-state index is -0.0378. The highest BCUT2D eigenvalue weighted by atomic mass is 14.6. The summed E-state index contributed by atoms with van der Waals surface area (Å²) in [6.07, 6.45) is 0. The fraction of sp³-hybridized carbons (Fsp3) is 0.294. The topological polar surface area (TPSA) is 26.0 Å². The lowest BCUT2D eigenvalue weighted by Gasteiger charge is -2.17. The molecule has 0 radical (unpaired) electrons. The number of hydrogen-bond acceptors (Lipinski definition) is 1. The average Bonchev–Trinajstić information content (AvgIpc) is 2.33. The van der Waals surface area contributed by atoms with E-state index in [4.69, 9.17) is 5.73 Å². The van der Waals surface area contributed by atoms with Crippen LogP contribution in [0.15, 0.2) is 36.4 Å². The van der Waals surface area contributed by atoms with Gasteiger partial charge in [0.25, 0.3) is 0 Å². The van der Waals surface area contributed by atoms with Crippen LogP contribution in [0.4, 0.5) is 0 Å². The van der Waals surface area contributed by atoms with Gasteiger partial charge in [0.15, 0.2) is 0 Å². The smallest absolute Gasteiger partial charge is 0.0554 e. The van der Waals surface area contributed by atoms with Gasteiger partial charge in [0.1, 0.15) is 0 Å². The van der Waals surface area contributed by atoms with Gasteiger partial charge in [0.2, 0.25) is 0 Å². The third-order valence-corrected chi connectivity index (χ3v) is 3.62. The Bertz CT molecular complexity index is 570. The number of rotatable bonds is 2. The molecule has 1 heteroatoms. The van der Waals surface area contributed by atoms with Gasteiger partial charge in [-0.25, -0.2) is 0 Å². The summed E-state index contributed by atoms with van der Waals surface area (Å²) < 4.78 is 0. The van der Waals surface area contributed by atoms with Crippen molar-refractivity contribution in [1.82, 2.24) is 0 Å². The molecule has 0 aliphatic carbocycles. The Labute approximate surface area is 110 Å². The van der Waals surface area contributed by atoms with Gasteiger partial charge in [-0.1, -0.05) is 42.0 Å². The number of nitrogens with two attached hydrogens (primary N) is 1. The van der Waals surface area contributed by atoms with Gasteiger partial charge < -0.3 is 5.73 Å². The van der Waals surface area contributed by atoms with E-state index in [1.165, 1.54) is 33.4 Å². The van der Waals surface area contributed by atoms with E-state index in [0.29, 0.717) is 0 Å². The molecule has 0 saturated carbocycles. The van der Waals surface area contributed by atoms with E-state index in [1.807, 2.05) is 0 Å². The zero-order valence-electron chi connectivity index (χ0n) is 11.6. The van der Waals surface area contributed by atoms with E-state index in [0.717, 1.165) is 0 Å². The summed E-state index contributed by atoms with van der Waals surface area (Å²) in [6.45, 7) is 8.52. The van der Waals surface area contributed by atoms with Crippen LogP contribution in [-0.4, -0.2) is 0 Å². The van der Waals surface area contributed by atoms with Gasteiger partial charge in [-0.3, -0.25) is 0 Å². The third-order valence-electron chi connectivity index (χ3n) is 3.62. The van der Waals surface area contributed by atoms with Crippen LogP contribution in [0.1, 0.15) is 39.4 Å². The fourth-order valence-corrected chi connectivity index (χ4v) is 2.36. The molecule has 1 unspecified atom stereocenters. The van der Waals surface area contributed by atoms with E-state index in [9.17, 15) is 0 Å². The van der Waals surface area contributed by atoms with Gasteiger partial charge in [0.05, 0.1) is 6.04 Å². The highest BCUT2D eigenvalue weighted by Gasteiger charge is 2.12. The summed E-state index contributed by atoms with van der Waals surface area (Å²) in [4.78, 5) is 0. The zero-order chi connectivity index (χ0) is 13.3. The number of aryl methyl sites for hydroxylation is 4. The van der Waals surface area contributed by atoms with Crippen LogP contribution in [0, 0.1) is 27.7 Å². The SMILES string of the molecule is Cc1cccc(C(N)c2cc(C)c(C)cc2C)c1. The molecule has 0 spiro atoms. The molecular weight excluding hydrogens is 218 g/mol. The van der Waals surface area contributed by atoms with Crippen molar-refractivity contribution in [3.05, 3.63) is 69.8 Å². The quantitative estimate of drug-likeness (QED) is 0.843. The molecular formula is C17H21N. The van der Waals surface area contributed by atoms with Crippen LogP contribution in [0.5, 0.6) is 0 Å². The van der Waals surface area contributed by atoms with E-state index in [2.05, 4.69) is 64.1 Å². The molecule has 2 N–H and O–H groups in total. The van der Waals surface area contributed by atoms with Crippen LogP contribution in [0.3, 0.4) is 0 Å². The van der Waals surface area contributed by atoms with Crippen molar-refractivity contribution in [2.75, 3.05) is 0 Å². The lowest BCUT2D eigenvalue weighted by molar-refractivity contribution is 0.857. The highest BCUT2D eigenvalue weighted by molar-refractivity contribution is 5.42. The maximum absolute atomic E-state index is 6.40. The first-order valence-electron chi connectivity index (χ1n) is 6.39. The average molecular weight is 239 g/mol. The Kier molecular flexibility index (Phi) is 3.53. The summed E-state index contributed by atoms with van der Waals surface area (Å²) in [5, 5.41) is 0. The molecule has 0 heterocycles. The van der Waals surface area contributed by atoms with Crippen LogP contribution < -0.4 is 5.73 Å². The highest BCUT2D eigenvalue weighted by Crippen LogP contribution is 2.25. The van der Waals surface area contributed by atoms with Crippen molar-refractivity contribution in [1.29, 1.82) is 0 Å². The normalized spacial score (nSPS) is 12.5. The Morgan fingerprint density at radius 2 is 1.50 bits per heavy atom. The Hall–Kier alpha value is -1.60. The molecule has 94 valence electrons. The lowest BCUT2D eigenvalue weighted by atomic mass is 9.92. The van der Waals surface area contributed by atoms with E-state index < -0.39 is 0 Å². The van der Waals surface area contributed by atoms with Gasteiger partial charge in [0, 0.05) is 0 Å². The molecule has 2 aromatic carbocycles. The Morgan fingerprint density at radius 3 is 2.17 bits per heavy atom. The number of benzene rings is 2. The maximum Gasteiger partial charge on any atom is 0.0554 e. The summed E-state index contributed by atoms with van der Waals surface area (Å²) in [5.41, 5.74) is 14.0. The fourth-order valence-electron chi connectivity index (χ4n) is 2.36. The summed E-state index contributed by atoms with van der Waals surface area (Å²) >= 11 is 0. The van der Waals surface area contributed by atoms with E-state index in [-0.39, 0.29) is 6.04 Å². The second kappa shape index (κ2) is 4.95. The second-order valence-corrected chi connectivity index (χ2v) is 5.18. The van der Waals surface area contributed by atoms with Crippen LogP contribution >= 0.6 is 0 Å². The molecule has 0 aliphatic rings. The molecule has 0 aromatic heterocycles. The Balaban J connectivity index is 2.46. The molecule has 1 nitrogen and oxygen atoms in total. The molecule has 0 bridgehead atoms. The first kappa shape index (κ1) is 12.8. The Morgan fingerprint density at radius 1 is 0.833 bits per heavy atom. The molecule has 0 fully saturated rings. The molecule has 2 aromatic rings. The largest absolute Gasteiger partial charge is 0.320 e. The molecule has 2 rings (SSSR count). The van der Waals surface area contributed by atoms with Gasteiger partial charge in [-0.2, -0.15) is 0 Å². The molecule has 1 atom stereocenters. The second-order valence-electron chi connectivity index (χ2n) is 5.18. The van der Waals surface area contributed by atoms with Crippen molar-refractivity contribution < 1.29 is 0 Å². The molecule has 0 aliphatic heterocycles. The number of hydrogen-bond donors (Lipinski definition) is 1. The van der Waals surface area contributed by atoms with Crippen molar-refractivity contribution in [3.8, 4) is 0 Å². The summed E-state index contributed by atoms with van der Waals surface area (Å²) in [7, 11) is 0. The van der Waals surface area contributed by atoms with E-state index in [1.54, 1.807) is 0 Å². The third kappa shape index (κ3) is 2.46. The molecule has 0 saturated heterocycles. The monoisotopic (exact) mass is 239 g/mol. The predicted molar refractivity (Wildman–Crippen MR) is 77.9 cm³/mol. The minimum Gasteiger partial charge on any atom is -0.320 e. The van der Waals surface area contributed by atoms with Crippen molar-refractivity contribution >= 4 is 0 Å². The maximum atomic E-state index is 6.40. The minimum absolute atomic E-state index is 0.0378. The van der Waals surface area contributed by atoms with Crippen LogP contribution in [0.25, 0.3) is 0 Å². The standard InChI is InChI=1S/C17H21N/c1-11-6-5-7-15(8-11)17(18)16-10-13(3)12(2)9-14(16)4/h5-10,17H,18H2,1-4H3. The van der Waals surface area contributed by atoms with Gasteiger partial charge in [-0.05, 0) is 55.5 Å². The predicted octanol–water partition coefficient (Wildman–Crippen LogP) is 3.97. The summed E-state index contributed by atoms with van der Waals surface area (Å²) in [5.74, 6) is 0. The first-order valence-corrected chi connectivity index (χ1v) is 6.39. The van der Waals surface area contributed by atoms with Crippen molar-refractivity contribution in [2.45, 2.75) is 33.7 Å². The van der Waals surface area contributed by atoms with Crippen molar-refractivity contribution in [2.24, 2.45) is 5.73 Å². The zero-order valence-corrected chi connectivity index (χ0v) is 11.6.